The molecule has 0 spiro atoms. The fraction of sp³-hybridized carbons (Fsp3) is 0.400. The number of hydrogen-bond acceptors (Lipinski definition) is 4. The number of carbonyl (C=O) groups is 3. The average molecular weight is 289 g/mol. The maximum Gasteiger partial charge on any atom is 0.255 e. The number of amides is 3. The highest BCUT2D eigenvalue weighted by molar-refractivity contribution is 6.07. The monoisotopic (exact) mass is 289 g/mol. The molecule has 1 atom stereocenters. The summed E-state index contributed by atoms with van der Waals surface area (Å²) in [4.78, 5) is 37.4. The zero-order valence-electron chi connectivity index (χ0n) is 12.4. The van der Waals surface area contributed by atoms with Crippen molar-refractivity contribution in [2.24, 2.45) is 0 Å². The van der Waals surface area contributed by atoms with Crippen LogP contribution in [0.4, 0.5) is 5.69 Å². The van der Waals surface area contributed by atoms with Gasteiger partial charge in [0.15, 0.2) is 0 Å². The Morgan fingerprint density at radius 2 is 2.00 bits per heavy atom. The lowest BCUT2D eigenvalue weighted by Gasteiger charge is -2.33. The molecular formula is C15H19N3O3. The van der Waals surface area contributed by atoms with E-state index in [4.69, 9.17) is 5.73 Å². The molecule has 0 aromatic heterocycles. The van der Waals surface area contributed by atoms with E-state index in [1.165, 1.54) is 4.90 Å². The molecule has 1 aliphatic heterocycles. The summed E-state index contributed by atoms with van der Waals surface area (Å²) in [6, 6.07) is 2.81. The normalized spacial score (nSPS) is 18.6. The Balaban J connectivity index is 2.40. The fourth-order valence-electron chi connectivity index (χ4n) is 2.54. The molecule has 1 heterocycles. The van der Waals surface area contributed by atoms with E-state index in [1.807, 2.05) is 19.9 Å². The van der Waals surface area contributed by atoms with Gasteiger partial charge in [0.25, 0.3) is 5.91 Å². The van der Waals surface area contributed by atoms with Gasteiger partial charge in [-0.2, -0.15) is 0 Å². The van der Waals surface area contributed by atoms with Crippen molar-refractivity contribution in [3.05, 3.63) is 28.8 Å². The van der Waals surface area contributed by atoms with E-state index in [9.17, 15) is 14.4 Å². The molecule has 1 aliphatic rings. The van der Waals surface area contributed by atoms with E-state index in [0.717, 1.165) is 11.1 Å². The Labute approximate surface area is 123 Å². The Morgan fingerprint density at radius 1 is 1.33 bits per heavy atom. The quantitative estimate of drug-likeness (QED) is 0.621. The molecule has 3 N–H and O–H groups in total. The number of anilines is 1. The van der Waals surface area contributed by atoms with Crippen LogP contribution in [0.2, 0.25) is 0 Å². The molecule has 6 nitrogen and oxygen atoms in total. The zero-order chi connectivity index (χ0) is 15.7. The smallest absolute Gasteiger partial charge is 0.255 e. The molecule has 6 heteroatoms. The third-order valence-corrected chi connectivity index (χ3v) is 3.75. The number of piperazine rings is 1. The van der Waals surface area contributed by atoms with Gasteiger partial charge >= 0.3 is 0 Å². The van der Waals surface area contributed by atoms with Crippen molar-refractivity contribution in [3.8, 4) is 0 Å². The molecule has 0 saturated carbocycles. The molecule has 1 unspecified atom stereocenters. The summed E-state index contributed by atoms with van der Waals surface area (Å²) in [5, 5.41) is 2.26. The molecular weight excluding hydrogens is 270 g/mol. The van der Waals surface area contributed by atoms with Crippen LogP contribution in [0.1, 0.15) is 34.8 Å². The average Bonchev–Trinajstić information content (AvgIpc) is 2.41. The molecule has 1 aromatic rings. The van der Waals surface area contributed by atoms with Crippen LogP contribution in [0, 0.1) is 13.8 Å². The van der Waals surface area contributed by atoms with Crippen LogP contribution < -0.4 is 11.1 Å². The number of nitrogens with one attached hydrogen (secondary N) is 1. The van der Waals surface area contributed by atoms with Gasteiger partial charge in [-0.05, 0) is 37.5 Å². The molecule has 2 rings (SSSR count). The van der Waals surface area contributed by atoms with Crippen LogP contribution in [0.15, 0.2) is 12.1 Å². The summed E-state index contributed by atoms with van der Waals surface area (Å²) in [5.41, 5.74) is 8.48. The second kappa shape index (κ2) is 5.55. The van der Waals surface area contributed by atoms with E-state index in [0.29, 0.717) is 17.7 Å². The number of hydrogen-bond donors (Lipinski definition) is 2. The lowest BCUT2D eigenvalue weighted by Crippen LogP contribution is -2.59. The summed E-state index contributed by atoms with van der Waals surface area (Å²) < 4.78 is 0. The first kappa shape index (κ1) is 15.0. The van der Waals surface area contributed by atoms with Crippen molar-refractivity contribution in [2.75, 3.05) is 12.3 Å². The van der Waals surface area contributed by atoms with Gasteiger partial charge in [-0.1, -0.05) is 13.0 Å². The van der Waals surface area contributed by atoms with Crippen LogP contribution in [0.3, 0.4) is 0 Å². The number of rotatable bonds is 2. The standard InChI is InChI=1S/C15H19N3O3/c1-4-12-14(20)17-13(19)7-18(12)15(21)10-6-11(16)9(3)5-8(10)2/h5-6,12H,4,7,16H2,1-3H3,(H,17,19,20). The maximum absolute atomic E-state index is 12.7. The Kier molecular flexibility index (Phi) is 3.97. The largest absolute Gasteiger partial charge is 0.398 e. The number of nitrogens with zero attached hydrogens (tertiary/aromatic N) is 1. The molecule has 0 aliphatic carbocycles. The van der Waals surface area contributed by atoms with Gasteiger partial charge in [-0.15, -0.1) is 0 Å². The third kappa shape index (κ3) is 2.74. The summed E-state index contributed by atoms with van der Waals surface area (Å²) in [5.74, 6) is -1.23. The predicted octanol–water partition coefficient (Wildman–Crippen LogP) is 0.763. The second-order valence-electron chi connectivity index (χ2n) is 5.29. The topological polar surface area (TPSA) is 92.5 Å². The molecule has 1 saturated heterocycles. The number of carbonyl (C=O) groups excluding carboxylic acids is 3. The second-order valence-corrected chi connectivity index (χ2v) is 5.29. The van der Waals surface area contributed by atoms with Gasteiger partial charge in [0, 0.05) is 11.3 Å². The van der Waals surface area contributed by atoms with Gasteiger partial charge < -0.3 is 10.6 Å². The van der Waals surface area contributed by atoms with Gasteiger partial charge in [0.2, 0.25) is 11.8 Å². The molecule has 21 heavy (non-hydrogen) atoms. The van der Waals surface area contributed by atoms with E-state index in [-0.39, 0.29) is 12.5 Å². The lowest BCUT2D eigenvalue weighted by molar-refractivity contribution is -0.138. The number of nitrogen functional groups attached to an aromatic ring is 1. The minimum Gasteiger partial charge on any atom is -0.398 e. The van der Waals surface area contributed by atoms with Gasteiger partial charge in [-0.3, -0.25) is 19.7 Å². The Bertz CT molecular complexity index is 625. The molecule has 0 bridgehead atoms. The zero-order valence-corrected chi connectivity index (χ0v) is 12.4. The van der Waals surface area contributed by atoms with Gasteiger partial charge in [0.1, 0.15) is 12.6 Å². The van der Waals surface area contributed by atoms with Crippen molar-refractivity contribution in [3.63, 3.8) is 0 Å². The van der Waals surface area contributed by atoms with Crippen molar-refractivity contribution in [1.29, 1.82) is 0 Å². The predicted molar refractivity (Wildman–Crippen MR) is 78.6 cm³/mol. The Hall–Kier alpha value is -2.37. The van der Waals surface area contributed by atoms with E-state index >= 15 is 0 Å². The summed E-state index contributed by atoms with van der Waals surface area (Å²) in [7, 11) is 0. The lowest BCUT2D eigenvalue weighted by atomic mass is 10.0. The number of nitrogens with two attached hydrogens (primary N) is 1. The van der Waals surface area contributed by atoms with E-state index < -0.39 is 17.9 Å². The molecule has 112 valence electrons. The SMILES string of the molecule is CCC1C(=O)NC(=O)CN1C(=O)c1cc(N)c(C)cc1C. The summed E-state index contributed by atoms with van der Waals surface area (Å²) >= 11 is 0. The minimum absolute atomic E-state index is 0.115. The summed E-state index contributed by atoms with van der Waals surface area (Å²) in [6.07, 6.45) is 0.450. The van der Waals surface area contributed by atoms with Crippen LogP contribution in [-0.2, 0) is 9.59 Å². The van der Waals surface area contributed by atoms with Crippen LogP contribution >= 0.6 is 0 Å². The molecule has 1 aromatic carbocycles. The molecule has 3 amide bonds. The van der Waals surface area contributed by atoms with Gasteiger partial charge in [0.05, 0.1) is 0 Å². The first-order chi connectivity index (χ1) is 9.85. The molecule has 0 radical (unpaired) electrons. The minimum atomic E-state index is -0.628. The highest BCUT2D eigenvalue weighted by atomic mass is 16.2. The van der Waals surface area contributed by atoms with Gasteiger partial charge in [-0.25, -0.2) is 0 Å². The van der Waals surface area contributed by atoms with Crippen LogP contribution in [0.25, 0.3) is 0 Å². The summed E-state index contributed by atoms with van der Waals surface area (Å²) in [6.45, 7) is 5.36. The van der Waals surface area contributed by atoms with Crippen LogP contribution in [0.5, 0.6) is 0 Å². The van der Waals surface area contributed by atoms with E-state index in [1.54, 1.807) is 13.0 Å². The third-order valence-electron chi connectivity index (χ3n) is 3.75. The highest BCUT2D eigenvalue weighted by Crippen LogP contribution is 2.21. The number of imide groups is 1. The van der Waals surface area contributed by atoms with Crippen molar-refractivity contribution >= 4 is 23.4 Å². The van der Waals surface area contributed by atoms with Crippen LogP contribution in [-0.4, -0.2) is 35.2 Å². The first-order valence-corrected chi connectivity index (χ1v) is 6.86. The maximum atomic E-state index is 12.7. The van der Waals surface area contributed by atoms with E-state index in [2.05, 4.69) is 5.32 Å². The Morgan fingerprint density at radius 3 is 2.62 bits per heavy atom. The molecule has 1 fully saturated rings. The van der Waals surface area contributed by atoms with Crippen molar-refractivity contribution in [1.82, 2.24) is 10.2 Å². The highest BCUT2D eigenvalue weighted by Gasteiger charge is 2.36. The van der Waals surface area contributed by atoms with Crippen molar-refractivity contribution in [2.45, 2.75) is 33.2 Å². The number of benzene rings is 1. The fourth-order valence-corrected chi connectivity index (χ4v) is 2.54. The van der Waals surface area contributed by atoms with Crippen molar-refractivity contribution < 1.29 is 14.4 Å². The first-order valence-electron chi connectivity index (χ1n) is 6.86. The number of aryl methyl sites for hydroxylation is 2.